The SMILES string of the molecule is C[C@@H]1Cc2nn3c(c2CN1C(=O)c1ccc(Cl)c(Cl)c1)C(=O)N(Cc1ncccc1C(F)(F)F)CC3. The molecule has 2 aromatic heterocycles. The quantitative estimate of drug-likeness (QED) is 0.479. The number of amides is 2. The Balaban J connectivity index is 1.43. The van der Waals surface area contributed by atoms with Gasteiger partial charge in [-0.15, -0.1) is 0 Å². The van der Waals surface area contributed by atoms with Crippen molar-refractivity contribution in [2.24, 2.45) is 0 Å². The predicted molar refractivity (Wildman–Crippen MR) is 126 cm³/mol. The van der Waals surface area contributed by atoms with Crippen molar-refractivity contribution in [3.63, 3.8) is 0 Å². The number of benzene rings is 1. The monoisotopic (exact) mass is 537 g/mol. The zero-order chi connectivity index (χ0) is 25.8. The van der Waals surface area contributed by atoms with Crippen molar-refractivity contribution >= 4 is 35.0 Å². The predicted octanol–water partition coefficient (Wildman–Crippen LogP) is 4.85. The van der Waals surface area contributed by atoms with E-state index in [1.807, 2.05) is 6.92 Å². The summed E-state index contributed by atoms with van der Waals surface area (Å²) < 4.78 is 41.9. The first-order chi connectivity index (χ1) is 17.0. The molecule has 0 saturated heterocycles. The van der Waals surface area contributed by atoms with Crippen LogP contribution < -0.4 is 0 Å². The minimum Gasteiger partial charge on any atom is -0.331 e. The molecule has 0 fully saturated rings. The third kappa shape index (κ3) is 4.32. The van der Waals surface area contributed by atoms with Crippen LogP contribution in [0.5, 0.6) is 0 Å². The number of carbonyl (C=O) groups is 2. The van der Waals surface area contributed by atoms with Gasteiger partial charge in [-0.3, -0.25) is 19.3 Å². The van der Waals surface area contributed by atoms with Crippen LogP contribution in [-0.2, 0) is 32.2 Å². The van der Waals surface area contributed by atoms with Gasteiger partial charge in [0.25, 0.3) is 11.8 Å². The summed E-state index contributed by atoms with van der Waals surface area (Å²) in [6.45, 7) is 2.28. The molecular weight excluding hydrogens is 518 g/mol. The second-order valence-corrected chi connectivity index (χ2v) is 9.65. The van der Waals surface area contributed by atoms with Crippen molar-refractivity contribution < 1.29 is 22.8 Å². The number of aromatic nitrogens is 3. The summed E-state index contributed by atoms with van der Waals surface area (Å²) in [5, 5.41) is 5.17. The Morgan fingerprint density at radius 3 is 2.67 bits per heavy atom. The van der Waals surface area contributed by atoms with E-state index < -0.39 is 17.6 Å². The average molecular weight is 538 g/mol. The normalized spacial score (nSPS) is 17.7. The maximum atomic E-state index is 13.4. The summed E-state index contributed by atoms with van der Waals surface area (Å²) in [5.41, 5.74) is 0.882. The standard InChI is InChI=1S/C24H20Cl2F3N5O2/c1-13-9-19-15(11-33(13)22(35)14-4-5-17(25)18(26)10-14)21-23(36)32(7-8-34(21)31-19)12-20-16(24(27,28)29)3-2-6-30-20/h2-6,10,13H,7-9,11-12H2,1H3/t13-/m1/s1. The lowest BCUT2D eigenvalue weighted by molar-refractivity contribution is -0.138. The van der Waals surface area contributed by atoms with Gasteiger partial charge in [0.05, 0.1) is 46.6 Å². The zero-order valence-corrected chi connectivity index (χ0v) is 20.5. The molecule has 1 aromatic carbocycles. The molecule has 5 rings (SSSR count). The highest BCUT2D eigenvalue weighted by Gasteiger charge is 2.39. The van der Waals surface area contributed by atoms with Crippen LogP contribution in [-0.4, -0.2) is 49.0 Å². The Hall–Kier alpha value is -3.11. The molecule has 0 saturated carbocycles. The Morgan fingerprint density at radius 1 is 1.17 bits per heavy atom. The Bertz CT molecular complexity index is 1370. The van der Waals surface area contributed by atoms with Gasteiger partial charge in [-0.05, 0) is 37.3 Å². The minimum absolute atomic E-state index is 0.141. The maximum Gasteiger partial charge on any atom is 0.418 e. The molecule has 1 atom stereocenters. The number of nitrogens with zero attached hydrogens (tertiary/aromatic N) is 5. The van der Waals surface area contributed by atoms with Crippen LogP contribution in [0.25, 0.3) is 0 Å². The molecule has 12 heteroatoms. The van der Waals surface area contributed by atoms with Gasteiger partial charge < -0.3 is 9.80 Å². The Morgan fingerprint density at radius 2 is 1.94 bits per heavy atom. The van der Waals surface area contributed by atoms with E-state index in [2.05, 4.69) is 10.1 Å². The van der Waals surface area contributed by atoms with Crippen LogP contribution in [0.15, 0.2) is 36.5 Å². The lowest BCUT2D eigenvalue weighted by Gasteiger charge is -2.34. The fourth-order valence-corrected chi connectivity index (χ4v) is 4.98. The maximum absolute atomic E-state index is 13.4. The molecular formula is C24H20Cl2F3N5O2. The van der Waals surface area contributed by atoms with Gasteiger partial charge in [-0.25, -0.2) is 0 Å². The summed E-state index contributed by atoms with van der Waals surface area (Å²) in [6.07, 6.45) is -2.86. The number of fused-ring (bicyclic) bond motifs is 3. The van der Waals surface area contributed by atoms with Gasteiger partial charge in [-0.2, -0.15) is 18.3 Å². The fourth-order valence-electron chi connectivity index (χ4n) is 4.68. The summed E-state index contributed by atoms with van der Waals surface area (Å²) in [6, 6.07) is 6.62. The zero-order valence-electron chi connectivity index (χ0n) is 19.0. The summed E-state index contributed by atoms with van der Waals surface area (Å²) in [7, 11) is 0. The molecule has 0 aliphatic carbocycles. The number of rotatable bonds is 3. The van der Waals surface area contributed by atoms with E-state index in [9.17, 15) is 22.8 Å². The number of hydrogen-bond donors (Lipinski definition) is 0. The van der Waals surface area contributed by atoms with Crippen molar-refractivity contribution in [3.05, 3.63) is 80.3 Å². The summed E-state index contributed by atoms with van der Waals surface area (Å²) in [4.78, 5) is 33.6. The van der Waals surface area contributed by atoms with E-state index in [0.717, 1.165) is 6.07 Å². The van der Waals surface area contributed by atoms with E-state index >= 15 is 0 Å². The molecule has 188 valence electrons. The Kier molecular flexibility index (Phi) is 6.20. The van der Waals surface area contributed by atoms with Crippen LogP contribution in [0.1, 0.15) is 50.3 Å². The molecule has 36 heavy (non-hydrogen) atoms. The molecule has 0 radical (unpaired) electrons. The third-order valence-electron chi connectivity index (χ3n) is 6.52. The van der Waals surface area contributed by atoms with Crippen LogP contribution in [0, 0.1) is 0 Å². The van der Waals surface area contributed by atoms with Gasteiger partial charge in [-0.1, -0.05) is 23.2 Å². The van der Waals surface area contributed by atoms with Crippen molar-refractivity contribution in [2.75, 3.05) is 6.54 Å². The molecule has 0 unspecified atom stereocenters. The van der Waals surface area contributed by atoms with Crippen molar-refractivity contribution in [1.82, 2.24) is 24.6 Å². The lowest BCUT2D eigenvalue weighted by Crippen LogP contribution is -2.44. The molecule has 2 amide bonds. The highest BCUT2D eigenvalue weighted by atomic mass is 35.5. The first-order valence-electron chi connectivity index (χ1n) is 11.2. The average Bonchev–Trinajstić information content (AvgIpc) is 3.19. The van der Waals surface area contributed by atoms with E-state index in [0.29, 0.717) is 40.5 Å². The smallest absolute Gasteiger partial charge is 0.331 e. The Labute approximate surface area is 214 Å². The van der Waals surface area contributed by atoms with E-state index in [1.54, 1.807) is 21.7 Å². The van der Waals surface area contributed by atoms with Crippen LogP contribution in [0.2, 0.25) is 10.0 Å². The van der Waals surface area contributed by atoms with E-state index in [1.165, 1.54) is 23.2 Å². The lowest BCUT2D eigenvalue weighted by atomic mass is 9.97. The highest BCUT2D eigenvalue weighted by Crippen LogP contribution is 2.34. The molecule has 2 aliphatic heterocycles. The topological polar surface area (TPSA) is 71.3 Å². The fraction of sp³-hybridized carbons (Fsp3) is 0.333. The second-order valence-electron chi connectivity index (χ2n) is 8.83. The molecule has 7 nitrogen and oxygen atoms in total. The molecule has 3 aromatic rings. The van der Waals surface area contributed by atoms with Gasteiger partial charge in [0, 0.05) is 36.3 Å². The summed E-state index contributed by atoms with van der Waals surface area (Å²) >= 11 is 12.1. The van der Waals surface area contributed by atoms with Crippen LogP contribution in [0.3, 0.4) is 0 Å². The van der Waals surface area contributed by atoms with Crippen molar-refractivity contribution in [2.45, 2.75) is 45.2 Å². The molecule has 2 aliphatic rings. The molecule has 0 spiro atoms. The first-order valence-corrected chi connectivity index (χ1v) is 11.9. The van der Waals surface area contributed by atoms with Gasteiger partial charge in [0.1, 0.15) is 5.69 Å². The number of hydrogen-bond acceptors (Lipinski definition) is 4. The summed E-state index contributed by atoms with van der Waals surface area (Å²) in [5.74, 6) is -0.708. The number of carbonyl (C=O) groups excluding carboxylic acids is 2. The van der Waals surface area contributed by atoms with Crippen LogP contribution >= 0.6 is 23.2 Å². The van der Waals surface area contributed by atoms with E-state index in [-0.39, 0.29) is 42.3 Å². The largest absolute Gasteiger partial charge is 0.418 e. The van der Waals surface area contributed by atoms with Crippen LogP contribution in [0.4, 0.5) is 13.2 Å². The highest BCUT2D eigenvalue weighted by molar-refractivity contribution is 6.42. The van der Waals surface area contributed by atoms with Gasteiger partial charge in [0.2, 0.25) is 0 Å². The first kappa shape index (κ1) is 24.6. The number of alkyl halides is 3. The van der Waals surface area contributed by atoms with E-state index in [4.69, 9.17) is 23.2 Å². The second kappa shape index (κ2) is 9.08. The van der Waals surface area contributed by atoms with Crippen molar-refractivity contribution in [1.29, 1.82) is 0 Å². The number of pyridine rings is 1. The number of halogens is 5. The molecule has 0 N–H and O–H groups in total. The minimum atomic E-state index is -4.58. The van der Waals surface area contributed by atoms with Crippen molar-refractivity contribution in [3.8, 4) is 0 Å². The molecule has 4 heterocycles. The van der Waals surface area contributed by atoms with Gasteiger partial charge in [0.15, 0.2) is 0 Å². The molecule has 0 bridgehead atoms. The third-order valence-corrected chi connectivity index (χ3v) is 7.26. The van der Waals surface area contributed by atoms with Gasteiger partial charge >= 0.3 is 6.18 Å².